The predicted octanol–water partition coefficient (Wildman–Crippen LogP) is 10.6. The van der Waals surface area contributed by atoms with E-state index in [1.54, 1.807) is 0 Å². The Morgan fingerprint density at radius 2 is 1.45 bits per heavy atom. The fourth-order valence-corrected chi connectivity index (χ4v) is 8.30. The fourth-order valence-electron chi connectivity index (χ4n) is 6.97. The van der Waals surface area contributed by atoms with E-state index in [0.29, 0.717) is 5.92 Å². The van der Waals surface area contributed by atoms with Crippen LogP contribution in [0.2, 0.25) is 0 Å². The number of benzene rings is 5. The molecule has 8 rings (SSSR count). The van der Waals surface area contributed by atoms with E-state index in [4.69, 9.17) is 0 Å². The van der Waals surface area contributed by atoms with Crippen molar-refractivity contribution in [1.29, 1.82) is 0 Å². The molecule has 0 saturated carbocycles. The fraction of sp³-hybridized carbons (Fsp3) is 0.135. The van der Waals surface area contributed by atoms with Crippen molar-refractivity contribution in [2.75, 3.05) is 0 Å². The molecule has 38 heavy (non-hydrogen) atoms. The van der Waals surface area contributed by atoms with Crippen LogP contribution in [-0.4, -0.2) is 0 Å². The summed E-state index contributed by atoms with van der Waals surface area (Å²) in [6.45, 7) is 4.74. The Kier molecular flexibility index (Phi) is 4.66. The maximum atomic E-state index is 2.45. The predicted molar refractivity (Wildman–Crippen MR) is 164 cm³/mol. The van der Waals surface area contributed by atoms with Gasteiger partial charge >= 0.3 is 0 Å². The molecule has 2 aliphatic carbocycles. The number of hydrogen-bond acceptors (Lipinski definition) is 1. The van der Waals surface area contributed by atoms with Gasteiger partial charge in [0.25, 0.3) is 0 Å². The van der Waals surface area contributed by atoms with Crippen LogP contribution in [0.3, 0.4) is 0 Å². The van der Waals surface area contributed by atoms with E-state index in [0.717, 1.165) is 6.42 Å². The summed E-state index contributed by atoms with van der Waals surface area (Å²) >= 11 is 1.96. The van der Waals surface area contributed by atoms with Crippen LogP contribution in [0.1, 0.15) is 53.3 Å². The number of allylic oxidation sites excluding steroid dienone is 1. The van der Waals surface area contributed by atoms with Crippen LogP contribution in [0.15, 0.2) is 109 Å². The minimum atomic E-state index is -0.0322. The molecule has 0 N–H and O–H groups in total. The SMILES string of the molecule is CC1(C)c2ccccc2-c2ccc(-c3cccc(C4CC=Cc5c4sc4ccccc54)c3)c3cccc1c23. The van der Waals surface area contributed by atoms with Gasteiger partial charge in [-0.15, -0.1) is 11.3 Å². The summed E-state index contributed by atoms with van der Waals surface area (Å²) in [6.07, 6.45) is 5.75. The maximum absolute atomic E-state index is 2.45. The zero-order valence-electron chi connectivity index (χ0n) is 21.7. The topological polar surface area (TPSA) is 0 Å². The molecular weight excluding hydrogens is 476 g/mol. The molecule has 1 heterocycles. The van der Waals surface area contributed by atoms with Gasteiger partial charge in [-0.05, 0) is 73.2 Å². The van der Waals surface area contributed by atoms with E-state index in [1.165, 1.54) is 70.2 Å². The third-order valence-corrected chi connectivity index (χ3v) is 10.1. The molecule has 0 saturated heterocycles. The van der Waals surface area contributed by atoms with Crippen LogP contribution in [0.4, 0.5) is 0 Å². The smallest absolute Gasteiger partial charge is 0.0352 e. The molecule has 0 aliphatic heterocycles. The van der Waals surface area contributed by atoms with E-state index in [1.807, 2.05) is 11.3 Å². The normalized spacial score (nSPS) is 16.9. The zero-order chi connectivity index (χ0) is 25.4. The van der Waals surface area contributed by atoms with Gasteiger partial charge in [0.05, 0.1) is 0 Å². The van der Waals surface area contributed by atoms with Crippen LogP contribution < -0.4 is 0 Å². The van der Waals surface area contributed by atoms with E-state index >= 15 is 0 Å². The van der Waals surface area contributed by atoms with Gasteiger partial charge in [-0.1, -0.05) is 123 Å². The second-order valence-electron chi connectivity index (χ2n) is 11.3. The second kappa shape index (κ2) is 8.03. The Hall–Kier alpha value is -3.94. The molecule has 2 aliphatic rings. The lowest BCUT2D eigenvalue weighted by Gasteiger charge is -2.35. The lowest BCUT2D eigenvalue weighted by Crippen LogP contribution is -2.23. The molecule has 6 aromatic rings. The third kappa shape index (κ3) is 3.03. The monoisotopic (exact) mass is 504 g/mol. The molecule has 5 aromatic carbocycles. The number of rotatable bonds is 2. The Balaban J connectivity index is 1.31. The minimum absolute atomic E-state index is 0.0322. The van der Waals surface area contributed by atoms with Crippen molar-refractivity contribution in [3.63, 3.8) is 0 Å². The highest BCUT2D eigenvalue weighted by Gasteiger charge is 2.33. The Bertz CT molecular complexity index is 1930. The first-order valence-corrected chi connectivity index (χ1v) is 14.4. The summed E-state index contributed by atoms with van der Waals surface area (Å²) in [5.74, 6) is 0.401. The molecule has 1 aromatic heterocycles. The van der Waals surface area contributed by atoms with Crippen molar-refractivity contribution in [3.05, 3.63) is 136 Å². The molecule has 0 nitrogen and oxygen atoms in total. The maximum Gasteiger partial charge on any atom is 0.0352 e. The van der Waals surface area contributed by atoms with Gasteiger partial charge in [0, 0.05) is 20.9 Å². The van der Waals surface area contributed by atoms with Crippen LogP contribution in [0, 0.1) is 0 Å². The molecule has 0 amide bonds. The summed E-state index contributed by atoms with van der Waals surface area (Å²) in [6, 6.07) is 38.7. The quantitative estimate of drug-likeness (QED) is 0.220. The molecule has 1 atom stereocenters. The molecule has 0 spiro atoms. The first-order valence-electron chi connectivity index (χ1n) is 13.6. The summed E-state index contributed by atoms with van der Waals surface area (Å²) in [7, 11) is 0. The average molecular weight is 505 g/mol. The van der Waals surface area contributed by atoms with Crippen LogP contribution in [-0.2, 0) is 5.41 Å². The van der Waals surface area contributed by atoms with Gasteiger partial charge in [0.2, 0.25) is 0 Å². The minimum Gasteiger partial charge on any atom is -0.139 e. The van der Waals surface area contributed by atoms with Gasteiger partial charge in [0.15, 0.2) is 0 Å². The summed E-state index contributed by atoms with van der Waals surface area (Å²) in [4.78, 5) is 1.50. The van der Waals surface area contributed by atoms with E-state index in [9.17, 15) is 0 Å². The zero-order valence-corrected chi connectivity index (χ0v) is 22.5. The lowest BCUT2D eigenvalue weighted by molar-refractivity contribution is 0.645. The van der Waals surface area contributed by atoms with Crippen LogP contribution in [0.5, 0.6) is 0 Å². The van der Waals surface area contributed by atoms with Crippen molar-refractivity contribution < 1.29 is 0 Å². The van der Waals surface area contributed by atoms with Crippen LogP contribution >= 0.6 is 11.3 Å². The van der Waals surface area contributed by atoms with Crippen LogP contribution in [0.25, 0.3) is 49.2 Å². The van der Waals surface area contributed by atoms with Crippen molar-refractivity contribution in [2.24, 2.45) is 0 Å². The lowest BCUT2D eigenvalue weighted by atomic mass is 9.68. The van der Waals surface area contributed by atoms with Gasteiger partial charge < -0.3 is 0 Å². The molecule has 1 unspecified atom stereocenters. The third-order valence-electron chi connectivity index (χ3n) is 8.84. The molecule has 0 radical (unpaired) electrons. The summed E-state index contributed by atoms with van der Waals surface area (Å²) in [5, 5.41) is 4.15. The Morgan fingerprint density at radius 3 is 2.39 bits per heavy atom. The highest BCUT2D eigenvalue weighted by Crippen LogP contribution is 2.50. The molecular formula is C37H28S. The Labute approximate surface area is 227 Å². The summed E-state index contributed by atoms with van der Waals surface area (Å²) < 4.78 is 1.39. The van der Waals surface area contributed by atoms with Crippen molar-refractivity contribution in [2.45, 2.75) is 31.6 Å². The number of hydrogen-bond donors (Lipinski definition) is 0. The molecule has 182 valence electrons. The van der Waals surface area contributed by atoms with Crippen molar-refractivity contribution >= 4 is 38.3 Å². The summed E-state index contributed by atoms with van der Waals surface area (Å²) in [5.41, 5.74) is 11.0. The second-order valence-corrected chi connectivity index (χ2v) is 12.3. The average Bonchev–Trinajstić information content (AvgIpc) is 3.35. The first kappa shape index (κ1) is 22.1. The first-order chi connectivity index (χ1) is 18.6. The van der Waals surface area contributed by atoms with Gasteiger partial charge in [-0.3, -0.25) is 0 Å². The van der Waals surface area contributed by atoms with Gasteiger partial charge in [0.1, 0.15) is 0 Å². The van der Waals surface area contributed by atoms with Gasteiger partial charge in [-0.2, -0.15) is 0 Å². The van der Waals surface area contributed by atoms with Crippen molar-refractivity contribution in [1.82, 2.24) is 0 Å². The number of thiophene rings is 1. The largest absolute Gasteiger partial charge is 0.139 e. The number of fused-ring (bicyclic) bond motifs is 5. The molecule has 1 heteroatoms. The van der Waals surface area contributed by atoms with E-state index < -0.39 is 0 Å². The standard InChI is InChI=1S/C37H28S/c1-37(2)32-17-5-3-12-27(32)30-21-20-25(29-15-9-18-33(37)35(29)30)23-10-7-11-24(22-23)26-14-8-16-31-28-13-4-6-19-34(28)38-36(26)31/h3-13,15-22,26H,14H2,1-2H3. The Morgan fingerprint density at radius 1 is 0.684 bits per heavy atom. The molecule has 0 fully saturated rings. The highest BCUT2D eigenvalue weighted by atomic mass is 32.1. The van der Waals surface area contributed by atoms with Gasteiger partial charge in [-0.25, -0.2) is 0 Å². The molecule has 0 bridgehead atoms. The van der Waals surface area contributed by atoms with E-state index in [2.05, 4.69) is 129 Å². The van der Waals surface area contributed by atoms with Crippen molar-refractivity contribution in [3.8, 4) is 22.3 Å². The van der Waals surface area contributed by atoms with E-state index in [-0.39, 0.29) is 5.41 Å². The highest BCUT2D eigenvalue weighted by molar-refractivity contribution is 7.19.